The largest absolute Gasteiger partial charge is 0.496 e. The van der Waals surface area contributed by atoms with Gasteiger partial charge in [-0.05, 0) is 54.4 Å². The average molecular weight is 581 g/mol. The van der Waals surface area contributed by atoms with Gasteiger partial charge in [0.05, 0.1) is 31.6 Å². The first kappa shape index (κ1) is 26.5. The predicted molar refractivity (Wildman–Crippen MR) is 162 cm³/mol. The van der Waals surface area contributed by atoms with Crippen molar-refractivity contribution in [3.63, 3.8) is 0 Å². The Bertz CT molecular complexity index is 1880. The van der Waals surface area contributed by atoms with Crippen LogP contribution in [0.2, 0.25) is 0 Å². The van der Waals surface area contributed by atoms with Crippen LogP contribution in [0.1, 0.15) is 17.0 Å². The lowest BCUT2D eigenvalue weighted by Gasteiger charge is -2.26. The second kappa shape index (κ2) is 10.5. The van der Waals surface area contributed by atoms with E-state index in [0.29, 0.717) is 36.8 Å². The van der Waals surface area contributed by atoms with E-state index in [9.17, 15) is 9.18 Å². The van der Waals surface area contributed by atoms with Crippen LogP contribution in [0.5, 0.6) is 5.75 Å². The summed E-state index contributed by atoms with van der Waals surface area (Å²) < 4.78 is 22.9. The number of halogens is 1. The number of pyridine rings is 2. The van der Waals surface area contributed by atoms with E-state index in [1.165, 1.54) is 23.8 Å². The van der Waals surface area contributed by atoms with Gasteiger partial charge in [-0.1, -0.05) is 6.58 Å². The normalized spacial score (nSPS) is 15.0. The molecule has 42 heavy (non-hydrogen) atoms. The van der Waals surface area contributed by atoms with E-state index in [2.05, 4.69) is 36.0 Å². The second-order valence-corrected chi connectivity index (χ2v) is 11.6. The van der Waals surface area contributed by atoms with E-state index in [4.69, 9.17) is 19.8 Å². The van der Waals surface area contributed by atoms with Crippen LogP contribution >= 0.6 is 11.3 Å². The van der Waals surface area contributed by atoms with E-state index < -0.39 is 0 Å². The summed E-state index contributed by atoms with van der Waals surface area (Å²) in [6.45, 7) is 7.02. The molecule has 0 spiro atoms. The zero-order chi connectivity index (χ0) is 29.0. The summed E-state index contributed by atoms with van der Waals surface area (Å²) in [5.74, 6) is -0.0592. The zero-order valence-electron chi connectivity index (χ0n) is 23.4. The molecule has 0 atom stereocenters. The Morgan fingerprint density at radius 1 is 1.12 bits per heavy atom. The van der Waals surface area contributed by atoms with E-state index >= 15 is 0 Å². The SMILES string of the molecule is C=CC(=O)N1CCn2nc(-c3nc(-c4cnc5c(c4)CN(C)CC5)c4ccsc4c3-c3ccc(F)cc3OC)cc2C1. The Morgan fingerprint density at radius 2 is 2.00 bits per heavy atom. The Morgan fingerprint density at radius 3 is 2.83 bits per heavy atom. The number of benzene rings is 1. The van der Waals surface area contributed by atoms with E-state index in [-0.39, 0.29) is 11.7 Å². The van der Waals surface area contributed by atoms with Gasteiger partial charge in [-0.25, -0.2) is 9.37 Å². The van der Waals surface area contributed by atoms with Gasteiger partial charge in [0.2, 0.25) is 5.91 Å². The molecule has 0 aliphatic carbocycles. The fraction of sp³-hybridized carbons (Fsp3) is 0.250. The summed E-state index contributed by atoms with van der Waals surface area (Å²) in [4.78, 5) is 26.5. The van der Waals surface area contributed by atoms with Crippen molar-refractivity contribution in [3.05, 3.63) is 83.4 Å². The van der Waals surface area contributed by atoms with Gasteiger partial charge in [0.1, 0.15) is 23.0 Å². The molecule has 212 valence electrons. The lowest BCUT2D eigenvalue weighted by Crippen LogP contribution is -2.37. The molecule has 0 saturated heterocycles. The maximum absolute atomic E-state index is 14.3. The number of carbonyl (C=O) groups excluding carboxylic acids is 1. The first-order valence-electron chi connectivity index (χ1n) is 13.8. The number of fused-ring (bicyclic) bond motifs is 3. The molecule has 0 N–H and O–H groups in total. The molecule has 0 unspecified atom stereocenters. The van der Waals surface area contributed by atoms with Crippen molar-refractivity contribution in [2.24, 2.45) is 0 Å². The molecule has 8 nitrogen and oxygen atoms in total. The van der Waals surface area contributed by atoms with Gasteiger partial charge in [-0.3, -0.25) is 14.5 Å². The van der Waals surface area contributed by atoms with Gasteiger partial charge < -0.3 is 14.5 Å². The molecule has 6 heterocycles. The molecule has 0 bridgehead atoms. The van der Waals surface area contributed by atoms with Crippen LogP contribution in [0.25, 0.3) is 43.9 Å². The minimum Gasteiger partial charge on any atom is -0.496 e. The highest BCUT2D eigenvalue weighted by molar-refractivity contribution is 7.18. The standard InChI is InChI=1S/C32H29FN6O2S/c1-4-28(40)38-10-11-39-22(18-38)15-26(36-39)31-29(23-6-5-21(33)14-27(23)41-3)32-24(8-12-42-32)30(35-31)19-13-20-17-37(2)9-7-25(20)34-16-19/h4-6,8,12-16H,1,7,9-11,17-18H2,2-3H3. The summed E-state index contributed by atoms with van der Waals surface area (Å²) in [5.41, 5.74) is 7.94. The number of likely N-dealkylation sites (N-methyl/N-ethyl adjacent to an activating group) is 1. The third-order valence-electron chi connectivity index (χ3n) is 8.07. The van der Waals surface area contributed by atoms with Crippen molar-refractivity contribution in [2.45, 2.75) is 26.1 Å². The highest BCUT2D eigenvalue weighted by Gasteiger charge is 2.27. The molecule has 0 radical (unpaired) electrons. The first-order chi connectivity index (χ1) is 20.4. The minimum absolute atomic E-state index is 0.105. The molecular weight excluding hydrogens is 551 g/mol. The number of amides is 1. The van der Waals surface area contributed by atoms with Crippen molar-refractivity contribution < 1.29 is 13.9 Å². The number of carbonyl (C=O) groups is 1. The highest BCUT2D eigenvalue weighted by Crippen LogP contribution is 2.46. The minimum atomic E-state index is -0.376. The molecular formula is C32H29FN6O2S. The molecule has 0 fully saturated rings. The average Bonchev–Trinajstić information content (AvgIpc) is 3.67. The molecule has 1 amide bonds. The lowest BCUT2D eigenvalue weighted by atomic mass is 9.96. The van der Waals surface area contributed by atoms with Gasteiger partial charge in [0.15, 0.2) is 0 Å². The summed E-state index contributed by atoms with van der Waals surface area (Å²) >= 11 is 1.60. The van der Waals surface area contributed by atoms with Crippen LogP contribution in [0.4, 0.5) is 4.39 Å². The number of methoxy groups -OCH3 is 1. The number of aromatic nitrogens is 4. The topological polar surface area (TPSA) is 76.4 Å². The molecule has 7 rings (SSSR count). The van der Waals surface area contributed by atoms with Crippen LogP contribution in [0, 0.1) is 5.82 Å². The maximum Gasteiger partial charge on any atom is 0.246 e. The summed E-state index contributed by atoms with van der Waals surface area (Å²) in [5, 5.41) is 8.00. The van der Waals surface area contributed by atoms with Crippen molar-refractivity contribution >= 4 is 27.3 Å². The van der Waals surface area contributed by atoms with Crippen LogP contribution < -0.4 is 4.74 Å². The van der Waals surface area contributed by atoms with Crippen molar-refractivity contribution in [1.29, 1.82) is 0 Å². The Hall–Kier alpha value is -4.41. The van der Waals surface area contributed by atoms with Gasteiger partial charge in [-0.15, -0.1) is 11.3 Å². The molecule has 5 aromatic rings. The monoisotopic (exact) mass is 580 g/mol. The van der Waals surface area contributed by atoms with Crippen LogP contribution in [-0.4, -0.2) is 62.7 Å². The van der Waals surface area contributed by atoms with Crippen LogP contribution in [0.15, 0.2) is 60.6 Å². The predicted octanol–water partition coefficient (Wildman–Crippen LogP) is 5.55. The quantitative estimate of drug-likeness (QED) is 0.254. The zero-order valence-corrected chi connectivity index (χ0v) is 24.2. The smallest absolute Gasteiger partial charge is 0.246 e. The van der Waals surface area contributed by atoms with Crippen molar-refractivity contribution in [2.75, 3.05) is 27.2 Å². The molecule has 4 aromatic heterocycles. The number of ether oxygens (including phenoxy) is 1. The molecule has 2 aliphatic rings. The number of hydrogen-bond donors (Lipinski definition) is 0. The Balaban J connectivity index is 1.46. The van der Waals surface area contributed by atoms with E-state index in [1.807, 2.05) is 16.9 Å². The fourth-order valence-electron chi connectivity index (χ4n) is 5.95. The maximum atomic E-state index is 14.3. The Labute approximate surface area is 246 Å². The van der Waals surface area contributed by atoms with Gasteiger partial charge in [0.25, 0.3) is 0 Å². The van der Waals surface area contributed by atoms with Gasteiger partial charge in [0, 0.05) is 70.8 Å². The molecule has 1 aromatic carbocycles. The van der Waals surface area contributed by atoms with Gasteiger partial charge >= 0.3 is 0 Å². The third-order valence-corrected chi connectivity index (χ3v) is 9.00. The number of hydrogen-bond acceptors (Lipinski definition) is 7. The molecule has 2 aliphatic heterocycles. The van der Waals surface area contributed by atoms with Gasteiger partial charge in [-0.2, -0.15) is 5.10 Å². The Kier molecular flexibility index (Phi) is 6.59. The summed E-state index contributed by atoms with van der Waals surface area (Å²) in [6, 6.07) is 10.9. The third kappa shape index (κ3) is 4.47. The number of rotatable bonds is 5. The van der Waals surface area contributed by atoms with E-state index in [1.54, 1.807) is 29.4 Å². The highest BCUT2D eigenvalue weighted by atomic mass is 32.1. The molecule has 0 saturated carbocycles. The number of thiophene rings is 1. The van der Waals surface area contributed by atoms with Crippen molar-refractivity contribution in [1.82, 2.24) is 29.5 Å². The van der Waals surface area contributed by atoms with E-state index in [0.717, 1.165) is 63.4 Å². The second-order valence-electron chi connectivity index (χ2n) is 10.7. The number of nitrogens with zero attached hydrogens (tertiary/aromatic N) is 6. The lowest BCUT2D eigenvalue weighted by molar-refractivity contribution is -0.127. The van der Waals surface area contributed by atoms with Crippen molar-refractivity contribution in [3.8, 4) is 39.5 Å². The first-order valence-corrected chi connectivity index (χ1v) is 14.7. The van der Waals surface area contributed by atoms with Crippen LogP contribution in [0.3, 0.4) is 0 Å². The van der Waals surface area contributed by atoms with Crippen LogP contribution in [-0.2, 0) is 30.8 Å². The molecule has 10 heteroatoms. The fourth-order valence-corrected chi connectivity index (χ4v) is 6.90. The summed E-state index contributed by atoms with van der Waals surface area (Å²) in [6.07, 6.45) is 4.19. The summed E-state index contributed by atoms with van der Waals surface area (Å²) in [7, 11) is 3.67.